The van der Waals surface area contributed by atoms with Gasteiger partial charge >= 0.3 is 0 Å². The second-order valence-electron chi connectivity index (χ2n) is 7.31. The fraction of sp³-hybridized carbons (Fsp3) is 0.273. The van der Waals surface area contributed by atoms with Gasteiger partial charge in [-0.3, -0.25) is 4.90 Å². The van der Waals surface area contributed by atoms with Crippen molar-refractivity contribution in [3.63, 3.8) is 0 Å². The van der Waals surface area contributed by atoms with E-state index in [1.54, 1.807) is 11.3 Å². The van der Waals surface area contributed by atoms with Crippen LogP contribution in [0, 0.1) is 0 Å². The van der Waals surface area contributed by atoms with E-state index in [1.807, 2.05) is 22.8 Å². The molecule has 1 aliphatic heterocycles. The molecule has 0 spiro atoms. The third-order valence-electron chi connectivity index (χ3n) is 5.37. The van der Waals surface area contributed by atoms with E-state index < -0.39 is 0 Å². The summed E-state index contributed by atoms with van der Waals surface area (Å²) < 4.78 is 2.99. The molecule has 0 aliphatic carbocycles. The zero-order valence-corrected chi connectivity index (χ0v) is 18.4. The smallest absolute Gasteiger partial charge is 0.214 e. The highest BCUT2D eigenvalue weighted by atomic mass is 79.9. The topological polar surface area (TPSA) is 36.7 Å². The summed E-state index contributed by atoms with van der Waals surface area (Å²) in [7, 11) is 0. The van der Waals surface area contributed by atoms with Gasteiger partial charge in [-0.05, 0) is 24.1 Å². The molecule has 0 saturated carbocycles. The first-order valence-corrected chi connectivity index (χ1v) is 11.5. The van der Waals surface area contributed by atoms with Gasteiger partial charge in [0.1, 0.15) is 0 Å². The number of hydrogen-bond donors (Lipinski definition) is 0. The van der Waals surface area contributed by atoms with Crippen LogP contribution in [0.5, 0.6) is 0 Å². The van der Waals surface area contributed by atoms with Crippen LogP contribution in [0.4, 0.5) is 5.13 Å². The van der Waals surface area contributed by atoms with Crippen molar-refractivity contribution in [1.82, 2.24) is 19.5 Å². The van der Waals surface area contributed by atoms with Gasteiger partial charge in [0.25, 0.3) is 0 Å². The van der Waals surface area contributed by atoms with Crippen molar-refractivity contribution in [3.8, 4) is 11.3 Å². The molecule has 7 heteroatoms. The van der Waals surface area contributed by atoms with Gasteiger partial charge in [-0.1, -0.05) is 69.7 Å². The molecule has 2 aromatic heterocycles. The number of piperazine rings is 1. The lowest BCUT2D eigenvalue weighted by Crippen LogP contribution is -2.47. The average molecular weight is 468 g/mol. The highest BCUT2D eigenvalue weighted by molar-refractivity contribution is 9.10. The molecule has 1 aliphatic rings. The summed E-state index contributed by atoms with van der Waals surface area (Å²) in [5, 5.41) is 5.86. The molecule has 148 valence electrons. The van der Waals surface area contributed by atoms with Crippen LogP contribution in [-0.2, 0) is 6.42 Å². The van der Waals surface area contributed by atoms with Crippen LogP contribution in [0.3, 0.4) is 0 Å². The lowest BCUT2D eigenvalue weighted by atomic mass is 10.1. The largest absolute Gasteiger partial charge is 0.344 e. The highest BCUT2D eigenvalue weighted by Crippen LogP contribution is 2.28. The Hall–Kier alpha value is -2.22. The van der Waals surface area contributed by atoms with Gasteiger partial charge < -0.3 is 4.90 Å². The van der Waals surface area contributed by atoms with Crippen molar-refractivity contribution in [2.24, 2.45) is 0 Å². The minimum atomic E-state index is 0.949. The molecule has 0 radical (unpaired) electrons. The van der Waals surface area contributed by atoms with E-state index in [9.17, 15) is 0 Å². The van der Waals surface area contributed by atoms with Crippen molar-refractivity contribution in [2.45, 2.75) is 6.42 Å². The molecule has 0 bridgehead atoms. The van der Waals surface area contributed by atoms with Gasteiger partial charge in [0.2, 0.25) is 10.1 Å². The molecule has 5 nitrogen and oxygen atoms in total. The third kappa shape index (κ3) is 4.22. The Labute approximate surface area is 182 Å². The van der Waals surface area contributed by atoms with Crippen LogP contribution < -0.4 is 4.90 Å². The average Bonchev–Trinajstić information content (AvgIpc) is 3.33. The number of hydrogen-bond acceptors (Lipinski definition) is 5. The number of rotatable bonds is 5. The minimum Gasteiger partial charge on any atom is -0.344 e. The van der Waals surface area contributed by atoms with Gasteiger partial charge in [0.15, 0.2) is 0 Å². The molecule has 5 rings (SSSR count). The van der Waals surface area contributed by atoms with E-state index in [4.69, 9.17) is 10.1 Å². The highest BCUT2D eigenvalue weighted by Gasteiger charge is 2.20. The van der Waals surface area contributed by atoms with Crippen molar-refractivity contribution >= 4 is 37.4 Å². The molecular formula is C22H22BrN5S. The Bertz CT molecular complexity index is 1050. The van der Waals surface area contributed by atoms with E-state index in [1.165, 1.54) is 5.56 Å². The Morgan fingerprint density at radius 3 is 2.41 bits per heavy atom. The molecule has 0 unspecified atom stereocenters. The number of halogens is 1. The summed E-state index contributed by atoms with van der Waals surface area (Å²) in [6, 6.07) is 19.0. The SMILES string of the molecule is Brc1ccc(-c2cn3nc(N4CCN(CCc5ccccc5)CC4)sc3n2)cc1. The monoisotopic (exact) mass is 467 g/mol. The predicted octanol–water partition coefficient (Wildman–Crippen LogP) is 4.59. The van der Waals surface area contributed by atoms with Crippen molar-refractivity contribution in [1.29, 1.82) is 0 Å². The molecule has 0 atom stereocenters. The van der Waals surface area contributed by atoms with Crippen LogP contribution in [-0.4, -0.2) is 52.2 Å². The van der Waals surface area contributed by atoms with Gasteiger partial charge in [-0.25, -0.2) is 9.50 Å². The quantitative estimate of drug-likeness (QED) is 0.430. The molecule has 1 saturated heterocycles. The van der Waals surface area contributed by atoms with Crippen molar-refractivity contribution in [3.05, 3.63) is 70.8 Å². The first-order chi connectivity index (χ1) is 14.2. The van der Waals surface area contributed by atoms with Crippen LogP contribution in [0.25, 0.3) is 16.2 Å². The number of anilines is 1. The summed E-state index contributed by atoms with van der Waals surface area (Å²) >= 11 is 5.15. The number of nitrogens with zero attached hydrogens (tertiary/aromatic N) is 5. The van der Waals surface area contributed by atoms with Crippen LogP contribution >= 0.6 is 27.3 Å². The van der Waals surface area contributed by atoms with Crippen molar-refractivity contribution < 1.29 is 0 Å². The van der Waals surface area contributed by atoms with Gasteiger partial charge in [-0.15, -0.1) is 5.10 Å². The number of benzene rings is 2. The molecule has 0 N–H and O–H groups in total. The summed E-state index contributed by atoms with van der Waals surface area (Å²) in [5.41, 5.74) is 3.49. The van der Waals surface area contributed by atoms with Crippen LogP contribution in [0.1, 0.15) is 5.56 Å². The molecule has 2 aromatic carbocycles. The lowest BCUT2D eigenvalue weighted by molar-refractivity contribution is 0.261. The van der Waals surface area contributed by atoms with E-state index >= 15 is 0 Å². The second-order valence-corrected chi connectivity index (χ2v) is 9.16. The van der Waals surface area contributed by atoms with E-state index in [0.29, 0.717) is 0 Å². The number of aromatic nitrogens is 3. The van der Waals surface area contributed by atoms with E-state index in [2.05, 4.69) is 68.2 Å². The molecule has 0 amide bonds. The van der Waals surface area contributed by atoms with Crippen LogP contribution in [0.15, 0.2) is 65.3 Å². The lowest BCUT2D eigenvalue weighted by Gasteiger charge is -2.34. The van der Waals surface area contributed by atoms with Gasteiger partial charge in [0, 0.05) is 42.8 Å². The Morgan fingerprint density at radius 2 is 1.69 bits per heavy atom. The summed E-state index contributed by atoms with van der Waals surface area (Å²) in [4.78, 5) is 10.7. The number of fused-ring (bicyclic) bond motifs is 1. The predicted molar refractivity (Wildman–Crippen MR) is 123 cm³/mol. The molecule has 3 heterocycles. The minimum absolute atomic E-state index is 0.949. The van der Waals surface area contributed by atoms with E-state index in [0.717, 1.165) is 65.0 Å². The normalized spacial score (nSPS) is 15.3. The van der Waals surface area contributed by atoms with E-state index in [-0.39, 0.29) is 0 Å². The van der Waals surface area contributed by atoms with Gasteiger partial charge in [-0.2, -0.15) is 0 Å². The third-order valence-corrected chi connectivity index (χ3v) is 6.89. The zero-order valence-electron chi connectivity index (χ0n) is 16.0. The summed E-state index contributed by atoms with van der Waals surface area (Å²) in [5.74, 6) is 0. The van der Waals surface area contributed by atoms with Gasteiger partial charge in [0.05, 0.1) is 11.9 Å². The molecule has 4 aromatic rings. The maximum atomic E-state index is 4.79. The molecular weight excluding hydrogens is 446 g/mol. The maximum Gasteiger partial charge on any atom is 0.214 e. The molecule has 29 heavy (non-hydrogen) atoms. The zero-order chi connectivity index (χ0) is 19.6. The fourth-order valence-electron chi connectivity index (χ4n) is 3.67. The standard InChI is InChI=1S/C22H22BrN5S/c23-19-8-6-18(7-9-19)20-16-28-21(24-20)29-22(25-28)27-14-12-26(13-15-27)11-10-17-4-2-1-3-5-17/h1-9,16H,10-15H2. The summed E-state index contributed by atoms with van der Waals surface area (Å²) in [6.07, 6.45) is 3.14. The number of imidazole rings is 1. The van der Waals surface area contributed by atoms with Crippen LogP contribution in [0.2, 0.25) is 0 Å². The summed E-state index contributed by atoms with van der Waals surface area (Å²) in [6.45, 7) is 5.32. The maximum absolute atomic E-state index is 4.79. The molecule has 1 fully saturated rings. The fourth-order valence-corrected chi connectivity index (χ4v) is 4.87. The first kappa shape index (κ1) is 18.8. The second kappa shape index (κ2) is 8.26. The first-order valence-electron chi connectivity index (χ1n) is 9.88. The Kier molecular flexibility index (Phi) is 5.35. The Balaban J connectivity index is 1.20. The Morgan fingerprint density at radius 1 is 0.931 bits per heavy atom. The van der Waals surface area contributed by atoms with Crippen molar-refractivity contribution in [2.75, 3.05) is 37.6 Å².